The molecule has 1 heterocycles. The highest BCUT2D eigenvalue weighted by atomic mass is 35.5. The van der Waals surface area contributed by atoms with Gasteiger partial charge in [0.1, 0.15) is 11.1 Å². The van der Waals surface area contributed by atoms with Gasteiger partial charge in [-0.1, -0.05) is 30.7 Å². The lowest BCUT2D eigenvalue weighted by molar-refractivity contribution is -0.172. The second-order valence-electron chi connectivity index (χ2n) is 4.58. The van der Waals surface area contributed by atoms with E-state index in [1.807, 2.05) is 0 Å². The average Bonchev–Trinajstić information content (AvgIpc) is 2.47. The molecule has 2 aromatic rings. The van der Waals surface area contributed by atoms with E-state index in [9.17, 15) is 18.0 Å². The lowest BCUT2D eigenvalue weighted by Gasteiger charge is -2.31. The van der Waals surface area contributed by atoms with Gasteiger partial charge in [-0.2, -0.15) is 13.2 Å². The Morgan fingerprint density at radius 1 is 1.30 bits per heavy atom. The zero-order valence-corrected chi connectivity index (χ0v) is 13.5. The molecule has 0 unspecified atom stereocenters. The van der Waals surface area contributed by atoms with Crippen molar-refractivity contribution in [2.24, 2.45) is 0 Å². The lowest BCUT2D eigenvalue weighted by Crippen LogP contribution is -2.34. The molecule has 1 aromatic heterocycles. The first-order chi connectivity index (χ1) is 10.8. The van der Waals surface area contributed by atoms with E-state index in [4.69, 9.17) is 11.6 Å². The summed E-state index contributed by atoms with van der Waals surface area (Å²) in [5.41, 5.74) is -0.399. The van der Waals surface area contributed by atoms with Crippen LogP contribution in [0.15, 0.2) is 46.5 Å². The molecule has 1 N–H and O–H groups in total. The Kier molecular flexibility index (Phi) is 5.72. The maximum atomic E-state index is 13.5. The number of hydrogen-bond donors (Lipinski definition) is 1. The third-order valence-corrected chi connectivity index (χ3v) is 4.30. The van der Waals surface area contributed by atoms with E-state index in [0.717, 1.165) is 22.4 Å². The van der Waals surface area contributed by atoms with Gasteiger partial charge in [0.25, 0.3) is 5.56 Å². The largest absolute Gasteiger partial charge is 0.408 e. The van der Waals surface area contributed by atoms with Crippen LogP contribution in [0.25, 0.3) is 0 Å². The van der Waals surface area contributed by atoms with Crippen LogP contribution >= 0.6 is 23.5 Å². The van der Waals surface area contributed by atoms with Crippen LogP contribution in [-0.4, -0.2) is 27.0 Å². The van der Waals surface area contributed by atoms with Gasteiger partial charge < -0.3 is 4.98 Å². The minimum atomic E-state index is -4.49. The van der Waals surface area contributed by atoms with E-state index >= 15 is 0 Å². The predicted molar refractivity (Wildman–Crippen MR) is 83.3 cm³/mol. The number of alkyl halides is 3. The van der Waals surface area contributed by atoms with Gasteiger partial charge in [-0.05, 0) is 29.6 Å². The van der Waals surface area contributed by atoms with Gasteiger partial charge in [-0.15, -0.1) is 0 Å². The number of halogens is 4. The summed E-state index contributed by atoms with van der Waals surface area (Å²) in [6.45, 7) is 1.71. The minimum absolute atomic E-state index is 0.0717. The fraction of sp³-hybridized carbons (Fsp3) is 0.286. The molecule has 0 spiro atoms. The zero-order valence-electron chi connectivity index (χ0n) is 12.0. The lowest BCUT2D eigenvalue weighted by atomic mass is 10.1. The van der Waals surface area contributed by atoms with E-state index in [1.165, 1.54) is 30.5 Å². The molecule has 2 rings (SSSR count). The van der Waals surface area contributed by atoms with Gasteiger partial charge in [0.15, 0.2) is 0 Å². The summed E-state index contributed by atoms with van der Waals surface area (Å²) in [5.74, 6) is 0. The molecule has 0 aliphatic carbocycles. The summed E-state index contributed by atoms with van der Waals surface area (Å²) in [7, 11) is 0. The van der Waals surface area contributed by atoms with Crippen molar-refractivity contribution < 1.29 is 13.2 Å². The molecule has 0 amide bonds. The summed E-state index contributed by atoms with van der Waals surface area (Å²) in [6.07, 6.45) is -2.12. The molecule has 23 heavy (non-hydrogen) atoms. The minimum Gasteiger partial charge on any atom is -0.313 e. The van der Waals surface area contributed by atoms with E-state index in [1.54, 1.807) is 6.92 Å². The Morgan fingerprint density at radius 3 is 2.48 bits per heavy atom. The van der Waals surface area contributed by atoms with Crippen molar-refractivity contribution in [1.82, 2.24) is 14.3 Å². The molecule has 9 heteroatoms. The molecule has 124 valence electrons. The molecule has 0 aliphatic heterocycles. The number of nitrogens with one attached hydrogen (secondary N) is 1. The number of aromatic amines is 1. The predicted octanol–water partition coefficient (Wildman–Crippen LogP) is 4.06. The van der Waals surface area contributed by atoms with Crippen LogP contribution in [0.2, 0.25) is 5.02 Å². The molecule has 0 aliphatic rings. The third kappa shape index (κ3) is 4.73. The van der Waals surface area contributed by atoms with Crippen molar-refractivity contribution in [3.8, 4) is 0 Å². The van der Waals surface area contributed by atoms with Gasteiger partial charge >= 0.3 is 6.18 Å². The standard InChI is InChI=1S/C14H13ClF3N3OS/c1-2-21(23-12-8-19-7-11(22)20-12)13(14(16,17)18)9-3-5-10(15)6-4-9/h3-8,13H,2H2,1H3,(H,20,22)/t13-/m1/s1. The van der Waals surface area contributed by atoms with Gasteiger partial charge in [0, 0.05) is 11.6 Å². The van der Waals surface area contributed by atoms with Crippen molar-refractivity contribution in [3.63, 3.8) is 0 Å². The molecular weight excluding hydrogens is 351 g/mol. The van der Waals surface area contributed by atoms with E-state index in [0.29, 0.717) is 5.02 Å². The Bertz CT molecular complexity index is 705. The first-order valence-electron chi connectivity index (χ1n) is 6.62. The van der Waals surface area contributed by atoms with Gasteiger partial charge in [0.2, 0.25) is 0 Å². The van der Waals surface area contributed by atoms with Crippen LogP contribution in [0.1, 0.15) is 18.5 Å². The number of H-pyrrole nitrogens is 1. The van der Waals surface area contributed by atoms with Crippen molar-refractivity contribution in [2.45, 2.75) is 24.2 Å². The fourth-order valence-electron chi connectivity index (χ4n) is 1.99. The Balaban J connectivity index is 2.35. The zero-order chi connectivity index (χ0) is 17.0. The topological polar surface area (TPSA) is 49.0 Å². The molecule has 0 saturated heterocycles. The molecule has 1 aromatic carbocycles. The van der Waals surface area contributed by atoms with Gasteiger partial charge in [0.05, 0.1) is 12.4 Å². The maximum absolute atomic E-state index is 13.5. The second-order valence-corrected chi connectivity index (χ2v) is 6.11. The maximum Gasteiger partial charge on any atom is 0.408 e. The summed E-state index contributed by atoms with van der Waals surface area (Å²) < 4.78 is 41.8. The Labute approximate surface area is 139 Å². The molecule has 0 bridgehead atoms. The van der Waals surface area contributed by atoms with Crippen LogP contribution < -0.4 is 5.56 Å². The molecule has 4 nitrogen and oxygen atoms in total. The number of rotatable bonds is 5. The van der Waals surface area contributed by atoms with Crippen LogP contribution in [0.3, 0.4) is 0 Å². The van der Waals surface area contributed by atoms with Crippen LogP contribution in [0.4, 0.5) is 13.2 Å². The Hall–Kier alpha value is -1.51. The number of nitrogens with zero attached hydrogens (tertiary/aromatic N) is 2. The van der Waals surface area contributed by atoms with Crippen LogP contribution in [0, 0.1) is 0 Å². The van der Waals surface area contributed by atoms with Gasteiger partial charge in [-0.3, -0.25) is 9.78 Å². The number of hydrogen-bond acceptors (Lipinski definition) is 4. The molecular formula is C14H13ClF3N3OS. The van der Waals surface area contributed by atoms with Crippen molar-refractivity contribution in [3.05, 3.63) is 57.6 Å². The number of aromatic nitrogens is 2. The molecule has 0 fully saturated rings. The smallest absolute Gasteiger partial charge is 0.313 e. The monoisotopic (exact) mass is 363 g/mol. The summed E-state index contributed by atoms with van der Waals surface area (Å²) in [4.78, 5) is 17.4. The van der Waals surface area contributed by atoms with Crippen molar-refractivity contribution >= 4 is 23.5 Å². The highest BCUT2D eigenvalue weighted by molar-refractivity contribution is 7.97. The van der Waals surface area contributed by atoms with E-state index in [2.05, 4.69) is 9.97 Å². The SMILES string of the molecule is CCN(Sc1cncc(=O)[nH]1)[C@H](c1ccc(Cl)cc1)C(F)(F)F. The summed E-state index contributed by atoms with van der Waals surface area (Å²) in [6, 6.07) is 3.68. The van der Waals surface area contributed by atoms with Crippen LogP contribution in [-0.2, 0) is 0 Å². The fourth-order valence-corrected chi connectivity index (χ4v) is 3.10. The average molecular weight is 364 g/mol. The van der Waals surface area contributed by atoms with E-state index < -0.39 is 17.8 Å². The summed E-state index contributed by atoms with van der Waals surface area (Å²) in [5, 5.41) is 0.601. The molecule has 1 atom stereocenters. The first kappa shape index (κ1) is 17.8. The first-order valence-corrected chi connectivity index (χ1v) is 7.77. The second kappa shape index (κ2) is 7.37. The highest BCUT2D eigenvalue weighted by Crippen LogP contribution is 2.42. The molecule has 0 saturated carbocycles. The Morgan fingerprint density at radius 2 is 1.96 bits per heavy atom. The van der Waals surface area contributed by atoms with Gasteiger partial charge in [-0.25, -0.2) is 4.31 Å². The quantitative estimate of drug-likeness (QED) is 0.814. The van der Waals surface area contributed by atoms with Crippen molar-refractivity contribution in [2.75, 3.05) is 6.54 Å². The summed E-state index contributed by atoms with van der Waals surface area (Å²) >= 11 is 6.54. The third-order valence-electron chi connectivity index (χ3n) is 2.94. The highest BCUT2D eigenvalue weighted by Gasteiger charge is 2.44. The number of benzene rings is 1. The van der Waals surface area contributed by atoms with Crippen molar-refractivity contribution in [1.29, 1.82) is 0 Å². The molecule has 0 radical (unpaired) electrons. The van der Waals surface area contributed by atoms with Crippen LogP contribution in [0.5, 0.6) is 0 Å². The van der Waals surface area contributed by atoms with E-state index in [-0.39, 0.29) is 17.1 Å². The normalized spacial score (nSPS) is 13.3.